The average Bonchev–Trinajstić information content (AvgIpc) is 3.36. The Morgan fingerprint density at radius 3 is 2.50 bits per heavy atom. The normalized spacial score (nSPS) is 10.4. The van der Waals surface area contributed by atoms with Gasteiger partial charge in [0.15, 0.2) is 6.61 Å². The van der Waals surface area contributed by atoms with Gasteiger partial charge in [-0.05, 0) is 36.4 Å². The van der Waals surface area contributed by atoms with Crippen LogP contribution >= 0.6 is 11.3 Å². The van der Waals surface area contributed by atoms with Crippen molar-refractivity contribution in [3.63, 3.8) is 0 Å². The Balaban J connectivity index is 1.25. The zero-order valence-electron chi connectivity index (χ0n) is 18.5. The monoisotopic (exact) mass is 473 g/mol. The van der Waals surface area contributed by atoms with Crippen LogP contribution in [0.1, 0.15) is 15.4 Å². The smallest absolute Gasteiger partial charge is 0.262 e. The van der Waals surface area contributed by atoms with Crippen LogP contribution in [0.4, 0.5) is 5.69 Å². The Bertz CT molecular complexity index is 1260. The van der Waals surface area contributed by atoms with Crippen LogP contribution in [0, 0.1) is 0 Å². The van der Waals surface area contributed by atoms with Gasteiger partial charge >= 0.3 is 0 Å². The van der Waals surface area contributed by atoms with E-state index in [1.54, 1.807) is 55.6 Å². The third-order valence-corrected chi connectivity index (χ3v) is 5.71. The van der Waals surface area contributed by atoms with Crippen LogP contribution in [0.15, 0.2) is 84.2 Å². The van der Waals surface area contributed by atoms with Crippen molar-refractivity contribution in [3.8, 4) is 22.8 Å². The maximum Gasteiger partial charge on any atom is 0.262 e. The first-order valence-electron chi connectivity index (χ1n) is 10.6. The SMILES string of the molecule is COc1cccc(NC(=O)COc2ccc(C(=O)NCc3nc(-c4ccccc4)cs3)cc2)c1. The first-order valence-corrected chi connectivity index (χ1v) is 11.4. The number of carbonyl (C=O) groups is 2. The van der Waals surface area contributed by atoms with Gasteiger partial charge in [0.25, 0.3) is 11.8 Å². The topological polar surface area (TPSA) is 89.5 Å². The van der Waals surface area contributed by atoms with Crippen molar-refractivity contribution in [1.29, 1.82) is 0 Å². The van der Waals surface area contributed by atoms with Gasteiger partial charge in [-0.25, -0.2) is 4.98 Å². The predicted molar refractivity (Wildman–Crippen MR) is 132 cm³/mol. The Labute approximate surface area is 201 Å². The Morgan fingerprint density at radius 2 is 1.74 bits per heavy atom. The van der Waals surface area contributed by atoms with Gasteiger partial charge in [0, 0.05) is 28.3 Å². The van der Waals surface area contributed by atoms with Crippen molar-refractivity contribution >= 4 is 28.8 Å². The van der Waals surface area contributed by atoms with Crippen molar-refractivity contribution in [2.75, 3.05) is 19.0 Å². The van der Waals surface area contributed by atoms with Crippen molar-refractivity contribution in [2.45, 2.75) is 6.54 Å². The molecule has 34 heavy (non-hydrogen) atoms. The first kappa shape index (κ1) is 23.0. The lowest BCUT2D eigenvalue weighted by Gasteiger charge is -2.09. The number of hydrogen-bond acceptors (Lipinski definition) is 6. The summed E-state index contributed by atoms with van der Waals surface area (Å²) in [5, 5.41) is 8.44. The van der Waals surface area contributed by atoms with Crippen LogP contribution in [-0.2, 0) is 11.3 Å². The van der Waals surface area contributed by atoms with E-state index >= 15 is 0 Å². The largest absolute Gasteiger partial charge is 0.497 e. The number of aromatic nitrogens is 1. The standard InChI is InChI=1S/C26H23N3O4S/c1-32-22-9-5-8-20(14-22)28-24(30)16-33-21-12-10-19(11-13-21)26(31)27-15-25-29-23(17-34-25)18-6-3-2-4-7-18/h2-14,17H,15-16H2,1H3,(H,27,31)(H,28,30). The first-order chi connectivity index (χ1) is 16.6. The molecular weight excluding hydrogens is 450 g/mol. The Kier molecular flexibility index (Phi) is 7.52. The molecule has 7 nitrogen and oxygen atoms in total. The summed E-state index contributed by atoms with van der Waals surface area (Å²) in [5.74, 6) is 0.635. The van der Waals surface area contributed by atoms with Gasteiger partial charge in [0.1, 0.15) is 16.5 Å². The molecule has 0 atom stereocenters. The molecule has 4 rings (SSSR count). The third kappa shape index (κ3) is 6.20. The molecule has 172 valence electrons. The number of hydrogen-bond donors (Lipinski definition) is 2. The lowest BCUT2D eigenvalue weighted by atomic mass is 10.2. The summed E-state index contributed by atoms with van der Waals surface area (Å²) < 4.78 is 10.7. The summed E-state index contributed by atoms with van der Waals surface area (Å²) in [4.78, 5) is 29.2. The highest BCUT2D eigenvalue weighted by Gasteiger charge is 2.10. The minimum Gasteiger partial charge on any atom is -0.497 e. The summed E-state index contributed by atoms with van der Waals surface area (Å²) in [7, 11) is 1.56. The number of benzene rings is 3. The van der Waals surface area contributed by atoms with Gasteiger partial charge in [-0.3, -0.25) is 9.59 Å². The maximum absolute atomic E-state index is 12.5. The molecule has 8 heteroatoms. The lowest BCUT2D eigenvalue weighted by molar-refractivity contribution is -0.118. The van der Waals surface area contributed by atoms with E-state index in [9.17, 15) is 9.59 Å². The fourth-order valence-corrected chi connectivity index (χ4v) is 3.88. The maximum atomic E-state index is 12.5. The molecule has 0 aliphatic rings. The molecule has 0 aliphatic carbocycles. The number of nitrogens with one attached hydrogen (secondary N) is 2. The molecule has 0 radical (unpaired) electrons. The summed E-state index contributed by atoms with van der Waals surface area (Å²) in [6.07, 6.45) is 0. The second kappa shape index (κ2) is 11.1. The van der Waals surface area contributed by atoms with Gasteiger partial charge in [-0.2, -0.15) is 0 Å². The van der Waals surface area contributed by atoms with Gasteiger partial charge in [0.2, 0.25) is 0 Å². The van der Waals surface area contributed by atoms with E-state index in [0.29, 0.717) is 29.3 Å². The number of thiazole rings is 1. The highest BCUT2D eigenvalue weighted by molar-refractivity contribution is 7.09. The number of anilines is 1. The quantitative estimate of drug-likeness (QED) is 0.366. The number of nitrogens with zero attached hydrogens (tertiary/aromatic N) is 1. The molecule has 3 aromatic carbocycles. The highest BCUT2D eigenvalue weighted by Crippen LogP contribution is 2.21. The second-order valence-corrected chi connectivity index (χ2v) is 8.21. The number of amides is 2. The van der Waals surface area contributed by atoms with E-state index < -0.39 is 0 Å². The van der Waals surface area contributed by atoms with Crippen molar-refractivity contribution < 1.29 is 19.1 Å². The molecule has 4 aromatic rings. The van der Waals surface area contributed by atoms with Gasteiger partial charge in [-0.1, -0.05) is 36.4 Å². The number of carbonyl (C=O) groups excluding carboxylic acids is 2. The second-order valence-electron chi connectivity index (χ2n) is 7.27. The molecule has 0 fully saturated rings. The van der Waals surface area contributed by atoms with E-state index in [-0.39, 0.29) is 18.4 Å². The van der Waals surface area contributed by atoms with E-state index in [1.165, 1.54) is 11.3 Å². The Morgan fingerprint density at radius 1 is 0.941 bits per heavy atom. The van der Waals surface area contributed by atoms with Gasteiger partial charge in [0.05, 0.1) is 19.3 Å². The summed E-state index contributed by atoms with van der Waals surface area (Å²) in [5.41, 5.74) is 3.06. The number of ether oxygens (including phenoxy) is 2. The highest BCUT2D eigenvalue weighted by atomic mass is 32.1. The lowest BCUT2D eigenvalue weighted by Crippen LogP contribution is -2.22. The zero-order valence-corrected chi connectivity index (χ0v) is 19.3. The van der Waals surface area contributed by atoms with Gasteiger partial charge < -0.3 is 20.1 Å². The molecule has 2 amide bonds. The molecule has 2 N–H and O–H groups in total. The Hall–Kier alpha value is -4.17. The van der Waals surface area contributed by atoms with E-state index in [2.05, 4.69) is 15.6 Å². The average molecular weight is 474 g/mol. The summed E-state index contributed by atoms with van der Waals surface area (Å²) in [6, 6.07) is 23.6. The molecule has 1 heterocycles. The van der Waals surface area contributed by atoms with Crippen LogP contribution in [0.3, 0.4) is 0 Å². The summed E-state index contributed by atoms with van der Waals surface area (Å²) >= 11 is 1.51. The van der Waals surface area contributed by atoms with E-state index in [1.807, 2.05) is 35.7 Å². The molecule has 0 saturated carbocycles. The van der Waals surface area contributed by atoms with Crippen LogP contribution in [0.5, 0.6) is 11.5 Å². The molecule has 1 aromatic heterocycles. The fourth-order valence-electron chi connectivity index (χ4n) is 3.14. The molecule has 0 spiro atoms. The minimum absolute atomic E-state index is 0.156. The number of methoxy groups -OCH3 is 1. The summed E-state index contributed by atoms with van der Waals surface area (Å²) in [6.45, 7) is 0.190. The zero-order chi connectivity index (χ0) is 23.8. The van der Waals surface area contributed by atoms with Crippen molar-refractivity contribution in [3.05, 3.63) is 94.8 Å². The fraction of sp³-hybridized carbons (Fsp3) is 0.115. The van der Waals surface area contributed by atoms with Crippen LogP contribution < -0.4 is 20.1 Å². The van der Waals surface area contributed by atoms with Crippen LogP contribution in [-0.4, -0.2) is 30.5 Å². The molecule has 0 unspecified atom stereocenters. The predicted octanol–water partition coefficient (Wildman–Crippen LogP) is 4.77. The molecular formula is C26H23N3O4S. The third-order valence-electron chi connectivity index (χ3n) is 4.86. The molecule has 0 bridgehead atoms. The molecule has 0 aliphatic heterocycles. The van der Waals surface area contributed by atoms with Crippen LogP contribution in [0.2, 0.25) is 0 Å². The van der Waals surface area contributed by atoms with E-state index in [4.69, 9.17) is 9.47 Å². The van der Waals surface area contributed by atoms with Crippen molar-refractivity contribution in [1.82, 2.24) is 10.3 Å². The van der Waals surface area contributed by atoms with Gasteiger partial charge in [-0.15, -0.1) is 11.3 Å². The van der Waals surface area contributed by atoms with E-state index in [0.717, 1.165) is 16.3 Å². The minimum atomic E-state index is -0.298. The van der Waals surface area contributed by atoms with Crippen LogP contribution in [0.25, 0.3) is 11.3 Å². The van der Waals surface area contributed by atoms with Crippen molar-refractivity contribution in [2.24, 2.45) is 0 Å². The molecule has 0 saturated heterocycles. The number of rotatable bonds is 9.